The fourth-order valence-corrected chi connectivity index (χ4v) is 2.62. The standard InChI is InChI=1S/C10H17NO4S/c1-4-6-11(8-10(12)13)16(14,15)7-5-9(2)3/h1,9H,5-8H2,2-3H3,(H,12,13). The first kappa shape index (κ1) is 14.9. The second kappa shape index (κ2) is 6.51. The third-order valence-electron chi connectivity index (χ3n) is 1.93. The summed E-state index contributed by atoms with van der Waals surface area (Å²) in [5.74, 6) is 1.12. The van der Waals surface area contributed by atoms with Crippen molar-refractivity contribution in [2.24, 2.45) is 5.92 Å². The topological polar surface area (TPSA) is 74.7 Å². The van der Waals surface area contributed by atoms with E-state index in [1.54, 1.807) is 0 Å². The van der Waals surface area contributed by atoms with E-state index in [1.165, 1.54) is 0 Å². The summed E-state index contributed by atoms with van der Waals surface area (Å²) in [6.45, 7) is 3.02. The number of sulfonamides is 1. The Morgan fingerprint density at radius 2 is 2.06 bits per heavy atom. The Bertz CT molecular complexity index is 367. The number of hydrogen-bond donors (Lipinski definition) is 1. The molecule has 0 aromatic rings. The van der Waals surface area contributed by atoms with E-state index in [1.807, 2.05) is 13.8 Å². The largest absolute Gasteiger partial charge is 0.480 e. The van der Waals surface area contributed by atoms with Crippen LogP contribution in [0.1, 0.15) is 20.3 Å². The lowest BCUT2D eigenvalue weighted by Gasteiger charge is -2.18. The summed E-state index contributed by atoms with van der Waals surface area (Å²) in [4.78, 5) is 10.5. The minimum atomic E-state index is -3.56. The molecule has 0 heterocycles. The molecule has 0 unspecified atom stereocenters. The zero-order valence-electron chi connectivity index (χ0n) is 9.51. The number of carbonyl (C=O) groups is 1. The molecular formula is C10H17NO4S. The number of aliphatic carboxylic acids is 1. The number of terminal acetylenes is 1. The van der Waals surface area contributed by atoms with Crippen LogP contribution in [0.2, 0.25) is 0 Å². The van der Waals surface area contributed by atoms with Gasteiger partial charge in [0.05, 0.1) is 12.3 Å². The second-order valence-electron chi connectivity index (χ2n) is 3.86. The van der Waals surface area contributed by atoms with E-state index in [-0.39, 0.29) is 18.2 Å². The molecule has 6 heteroatoms. The molecule has 92 valence electrons. The van der Waals surface area contributed by atoms with Crippen LogP contribution in [-0.4, -0.2) is 42.6 Å². The highest BCUT2D eigenvalue weighted by Crippen LogP contribution is 2.07. The van der Waals surface area contributed by atoms with E-state index >= 15 is 0 Å². The summed E-state index contributed by atoms with van der Waals surface area (Å²) in [6, 6.07) is 0. The van der Waals surface area contributed by atoms with Crippen LogP contribution in [0.15, 0.2) is 0 Å². The average molecular weight is 247 g/mol. The SMILES string of the molecule is C#CCN(CC(=O)O)S(=O)(=O)CCC(C)C. The van der Waals surface area contributed by atoms with E-state index < -0.39 is 22.5 Å². The van der Waals surface area contributed by atoms with Gasteiger partial charge in [0.1, 0.15) is 6.54 Å². The number of carboxylic acid groups (broad SMARTS) is 1. The van der Waals surface area contributed by atoms with Gasteiger partial charge in [0.2, 0.25) is 10.0 Å². The van der Waals surface area contributed by atoms with Gasteiger partial charge < -0.3 is 5.11 Å². The minimum Gasteiger partial charge on any atom is -0.480 e. The first-order valence-electron chi connectivity index (χ1n) is 4.92. The van der Waals surface area contributed by atoms with Crippen LogP contribution in [0, 0.1) is 18.3 Å². The molecule has 0 fully saturated rings. The van der Waals surface area contributed by atoms with Crippen LogP contribution >= 0.6 is 0 Å². The maximum atomic E-state index is 11.7. The fourth-order valence-electron chi connectivity index (χ4n) is 1.02. The van der Waals surface area contributed by atoms with Crippen molar-refractivity contribution in [3.8, 4) is 12.3 Å². The molecule has 0 aliphatic heterocycles. The van der Waals surface area contributed by atoms with Crippen molar-refractivity contribution in [3.63, 3.8) is 0 Å². The zero-order valence-corrected chi connectivity index (χ0v) is 10.3. The molecule has 16 heavy (non-hydrogen) atoms. The summed E-state index contributed by atoms with van der Waals surface area (Å²) in [5, 5.41) is 8.58. The Hall–Kier alpha value is -1.06. The van der Waals surface area contributed by atoms with E-state index in [2.05, 4.69) is 5.92 Å². The van der Waals surface area contributed by atoms with Crippen molar-refractivity contribution in [3.05, 3.63) is 0 Å². The molecule has 0 atom stereocenters. The molecule has 0 aliphatic carbocycles. The third kappa shape index (κ3) is 5.73. The molecule has 1 N–H and O–H groups in total. The first-order chi connectivity index (χ1) is 7.29. The van der Waals surface area contributed by atoms with Gasteiger partial charge in [-0.25, -0.2) is 8.42 Å². The fraction of sp³-hybridized carbons (Fsp3) is 0.700. The molecule has 0 aliphatic rings. The highest BCUT2D eigenvalue weighted by atomic mass is 32.2. The molecule has 0 aromatic carbocycles. The summed E-state index contributed by atoms with van der Waals surface area (Å²) < 4.78 is 24.3. The number of nitrogens with zero attached hydrogens (tertiary/aromatic N) is 1. The van der Waals surface area contributed by atoms with Crippen molar-refractivity contribution in [1.82, 2.24) is 4.31 Å². The lowest BCUT2D eigenvalue weighted by molar-refractivity contribution is -0.137. The first-order valence-corrected chi connectivity index (χ1v) is 6.53. The number of rotatable bonds is 7. The van der Waals surface area contributed by atoms with Crippen LogP contribution in [0.25, 0.3) is 0 Å². The smallest absolute Gasteiger partial charge is 0.318 e. The normalized spacial score (nSPS) is 11.7. The summed E-state index contributed by atoms with van der Waals surface area (Å²) in [6.07, 6.45) is 5.50. The van der Waals surface area contributed by atoms with Gasteiger partial charge in [0.25, 0.3) is 0 Å². The van der Waals surface area contributed by atoms with E-state index in [0.29, 0.717) is 6.42 Å². The zero-order chi connectivity index (χ0) is 12.8. The number of carboxylic acids is 1. The Kier molecular flexibility index (Phi) is 6.08. The van der Waals surface area contributed by atoms with Crippen molar-refractivity contribution in [2.75, 3.05) is 18.8 Å². The van der Waals surface area contributed by atoms with Crippen LogP contribution in [0.4, 0.5) is 0 Å². The van der Waals surface area contributed by atoms with Crippen LogP contribution in [0.3, 0.4) is 0 Å². The maximum absolute atomic E-state index is 11.7. The molecule has 0 spiro atoms. The van der Waals surface area contributed by atoms with E-state index in [9.17, 15) is 13.2 Å². The molecule has 0 rings (SSSR count). The van der Waals surface area contributed by atoms with E-state index in [0.717, 1.165) is 4.31 Å². The Labute approximate surface area is 96.5 Å². The van der Waals surface area contributed by atoms with Gasteiger partial charge in [-0.1, -0.05) is 19.8 Å². The van der Waals surface area contributed by atoms with Crippen LogP contribution < -0.4 is 0 Å². The van der Waals surface area contributed by atoms with E-state index in [4.69, 9.17) is 11.5 Å². The third-order valence-corrected chi connectivity index (χ3v) is 3.72. The van der Waals surface area contributed by atoms with Crippen molar-refractivity contribution < 1.29 is 18.3 Å². The molecular weight excluding hydrogens is 230 g/mol. The Morgan fingerprint density at radius 1 is 1.50 bits per heavy atom. The monoisotopic (exact) mass is 247 g/mol. The molecule has 0 saturated carbocycles. The lowest BCUT2D eigenvalue weighted by Crippen LogP contribution is -2.37. The van der Waals surface area contributed by atoms with Gasteiger partial charge in [-0.05, 0) is 12.3 Å². The Morgan fingerprint density at radius 3 is 2.44 bits per heavy atom. The van der Waals surface area contributed by atoms with Crippen LogP contribution in [-0.2, 0) is 14.8 Å². The Balaban J connectivity index is 4.63. The molecule has 5 nitrogen and oxygen atoms in total. The van der Waals surface area contributed by atoms with Gasteiger partial charge in [0.15, 0.2) is 0 Å². The van der Waals surface area contributed by atoms with Gasteiger partial charge >= 0.3 is 5.97 Å². The predicted octanol–water partition coefficient (Wildman–Crippen LogP) is 0.382. The van der Waals surface area contributed by atoms with Gasteiger partial charge in [-0.2, -0.15) is 4.31 Å². The van der Waals surface area contributed by atoms with Crippen molar-refractivity contribution in [2.45, 2.75) is 20.3 Å². The molecule has 0 saturated heterocycles. The second-order valence-corrected chi connectivity index (χ2v) is 5.95. The predicted molar refractivity (Wildman–Crippen MR) is 61.3 cm³/mol. The maximum Gasteiger partial charge on any atom is 0.318 e. The highest BCUT2D eigenvalue weighted by molar-refractivity contribution is 7.89. The molecule has 0 amide bonds. The molecule has 0 radical (unpaired) electrons. The van der Waals surface area contributed by atoms with Crippen LogP contribution in [0.5, 0.6) is 0 Å². The highest BCUT2D eigenvalue weighted by Gasteiger charge is 2.23. The minimum absolute atomic E-state index is 0.0698. The summed E-state index contributed by atoms with van der Waals surface area (Å²) in [5.41, 5.74) is 0. The summed E-state index contributed by atoms with van der Waals surface area (Å²) in [7, 11) is -3.56. The lowest BCUT2D eigenvalue weighted by atomic mass is 10.2. The van der Waals surface area contributed by atoms with Crippen molar-refractivity contribution in [1.29, 1.82) is 0 Å². The molecule has 0 aromatic heterocycles. The van der Waals surface area contributed by atoms with Gasteiger partial charge in [-0.3, -0.25) is 4.79 Å². The summed E-state index contributed by atoms with van der Waals surface area (Å²) >= 11 is 0. The van der Waals surface area contributed by atoms with Gasteiger partial charge in [0, 0.05) is 0 Å². The quantitative estimate of drug-likeness (QED) is 0.660. The van der Waals surface area contributed by atoms with Crippen molar-refractivity contribution >= 4 is 16.0 Å². The number of hydrogen-bond acceptors (Lipinski definition) is 3. The molecule has 0 bridgehead atoms. The van der Waals surface area contributed by atoms with Gasteiger partial charge in [-0.15, -0.1) is 6.42 Å². The average Bonchev–Trinajstić information content (AvgIpc) is 2.14.